The van der Waals surface area contributed by atoms with E-state index in [0.717, 1.165) is 5.69 Å². The van der Waals surface area contributed by atoms with E-state index in [4.69, 9.17) is 5.73 Å². The summed E-state index contributed by atoms with van der Waals surface area (Å²) in [5, 5.41) is 2.76. The molecular weight excluding hydrogens is 210 g/mol. The number of pyridine rings is 1. The number of rotatable bonds is 4. The number of nitrogens with one attached hydrogen (secondary N) is 1. The van der Waals surface area contributed by atoms with Crippen molar-refractivity contribution in [3.05, 3.63) is 30.1 Å². The molecule has 0 fully saturated rings. The second-order valence-electron chi connectivity index (χ2n) is 3.19. The highest BCUT2D eigenvalue weighted by Crippen LogP contribution is 2.07. The Hall–Kier alpha value is -1.49. The van der Waals surface area contributed by atoms with Crippen molar-refractivity contribution in [2.24, 2.45) is 5.73 Å². The first-order valence-corrected chi connectivity index (χ1v) is 4.99. The summed E-state index contributed by atoms with van der Waals surface area (Å²) in [6.45, 7) is 1.86. The van der Waals surface area contributed by atoms with Crippen LogP contribution in [0.15, 0.2) is 24.4 Å². The van der Waals surface area contributed by atoms with E-state index >= 15 is 0 Å². The Morgan fingerprint density at radius 1 is 1.67 bits per heavy atom. The molecule has 0 aliphatic carbocycles. The molecule has 0 saturated heterocycles. The Bertz CT molecular complexity index is 353. The molecule has 0 aliphatic heterocycles. The van der Waals surface area contributed by atoms with Gasteiger partial charge in [0.1, 0.15) is 0 Å². The van der Waals surface area contributed by atoms with Gasteiger partial charge in [0, 0.05) is 6.20 Å². The average molecular weight is 223 g/mol. The van der Waals surface area contributed by atoms with Crippen LogP contribution in [-0.4, -0.2) is 15.9 Å². The third kappa shape index (κ3) is 4.03. The molecule has 15 heavy (non-hydrogen) atoms. The summed E-state index contributed by atoms with van der Waals surface area (Å²) in [4.78, 5) is 15.7. The molecule has 0 aliphatic rings. The average Bonchev–Trinajstić information content (AvgIpc) is 2.17. The fraction of sp³-hybridized carbons (Fsp3) is 0.300. The van der Waals surface area contributed by atoms with E-state index < -0.39 is 0 Å². The number of hydrogen-bond acceptors (Lipinski definition) is 3. The largest absolute Gasteiger partial charge is 0.393 e. The minimum absolute atomic E-state index is 0.0759. The van der Waals surface area contributed by atoms with Crippen LogP contribution in [0.4, 0.5) is 0 Å². The molecule has 80 valence electrons. The van der Waals surface area contributed by atoms with E-state index in [-0.39, 0.29) is 23.4 Å². The molecule has 0 bridgehead atoms. The number of carbonyl (C=O) groups excluding carboxylic acids is 1. The van der Waals surface area contributed by atoms with Crippen LogP contribution in [0.2, 0.25) is 0 Å². The maximum Gasteiger partial charge on any atom is 0.227 e. The molecule has 0 spiro atoms. The number of hydrogen-bond donors (Lipinski definition) is 2. The van der Waals surface area contributed by atoms with Crippen molar-refractivity contribution in [1.29, 1.82) is 0 Å². The fourth-order valence-corrected chi connectivity index (χ4v) is 1.29. The van der Waals surface area contributed by atoms with Crippen molar-refractivity contribution >= 4 is 23.1 Å². The second-order valence-corrected chi connectivity index (χ2v) is 3.71. The lowest BCUT2D eigenvalue weighted by Crippen LogP contribution is -2.30. The van der Waals surface area contributed by atoms with Gasteiger partial charge in [0.2, 0.25) is 5.91 Å². The summed E-state index contributed by atoms with van der Waals surface area (Å²) in [6, 6.07) is 5.42. The van der Waals surface area contributed by atoms with Crippen molar-refractivity contribution in [3.8, 4) is 0 Å². The third-order valence-electron chi connectivity index (χ3n) is 1.84. The normalized spacial score (nSPS) is 11.8. The molecule has 4 nitrogen and oxygen atoms in total. The van der Waals surface area contributed by atoms with Gasteiger partial charge in [0.15, 0.2) is 0 Å². The van der Waals surface area contributed by atoms with Crippen LogP contribution in [0, 0.1) is 0 Å². The van der Waals surface area contributed by atoms with Crippen molar-refractivity contribution in [1.82, 2.24) is 10.3 Å². The maximum atomic E-state index is 11.3. The highest BCUT2D eigenvalue weighted by Gasteiger charge is 2.10. The summed E-state index contributed by atoms with van der Waals surface area (Å²) >= 11 is 4.64. The molecule has 1 rings (SSSR count). The van der Waals surface area contributed by atoms with Crippen molar-refractivity contribution in [3.63, 3.8) is 0 Å². The standard InChI is InChI=1S/C10H13N3OS/c1-7(8-4-2-3-5-12-8)13-10(14)6-9(11)15/h2-5,7H,6H2,1H3,(H2,11,15)(H,13,14). The van der Waals surface area contributed by atoms with Crippen LogP contribution in [0.25, 0.3) is 0 Å². The third-order valence-corrected chi connectivity index (χ3v) is 1.99. The molecule has 1 aromatic heterocycles. The van der Waals surface area contributed by atoms with Crippen LogP contribution >= 0.6 is 12.2 Å². The topological polar surface area (TPSA) is 68.0 Å². The summed E-state index contributed by atoms with van der Waals surface area (Å²) in [5.74, 6) is -0.180. The Morgan fingerprint density at radius 3 is 2.93 bits per heavy atom. The summed E-state index contributed by atoms with van der Waals surface area (Å²) in [7, 11) is 0. The Labute approximate surface area is 93.9 Å². The number of carbonyl (C=O) groups is 1. The maximum absolute atomic E-state index is 11.3. The molecule has 1 unspecified atom stereocenters. The highest BCUT2D eigenvalue weighted by molar-refractivity contribution is 7.80. The van der Waals surface area contributed by atoms with E-state index in [1.807, 2.05) is 25.1 Å². The minimum atomic E-state index is -0.180. The van der Waals surface area contributed by atoms with E-state index in [9.17, 15) is 4.79 Å². The Kier molecular flexibility index (Phi) is 4.17. The fourth-order valence-electron chi connectivity index (χ4n) is 1.16. The smallest absolute Gasteiger partial charge is 0.227 e. The van der Waals surface area contributed by atoms with Gasteiger partial charge in [-0.15, -0.1) is 0 Å². The molecule has 1 heterocycles. The van der Waals surface area contributed by atoms with Crippen molar-refractivity contribution < 1.29 is 4.79 Å². The molecule has 1 atom stereocenters. The first-order chi connectivity index (χ1) is 7.09. The van der Waals surface area contributed by atoms with Gasteiger partial charge in [-0.2, -0.15) is 0 Å². The SMILES string of the molecule is CC(NC(=O)CC(N)=S)c1ccccn1. The van der Waals surface area contributed by atoms with Gasteiger partial charge in [0.25, 0.3) is 0 Å². The van der Waals surface area contributed by atoms with Gasteiger partial charge in [-0.25, -0.2) is 0 Å². The number of nitrogens with zero attached hydrogens (tertiary/aromatic N) is 1. The zero-order valence-electron chi connectivity index (χ0n) is 8.43. The number of thiocarbonyl (C=S) groups is 1. The summed E-state index contributed by atoms with van der Waals surface area (Å²) in [5.41, 5.74) is 6.08. The molecule has 0 saturated carbocycles. The zero-order valence-corrected chi connectivity index (χ0v) is 9.25. The highest BCUT2D eigenvalue weighted by atomic mass is 32.1. The number of aromatic nitrogens is 1. The Balaban J connectivity index is 2.53. The van der Waals surface area contributed by atoms with Gasteiger partial charge in [-0.3, -0.25) is 9.78 Å². The molecule has 5 heteroatoms. The van der Waals surface area contributed by atoms with Crippen LogP contribution in [0.5, 0.6) is 0 Å². The van der Waals surface area contributed by atoms with Crippen molar-refractivity contribution in [2.45, 2.75) is 19.4 Å². The second kappa shape index (κ2) is 5.41. The lowest BCUT2D eigenvalue weighted by Gasteiger charge is -2.12. The summed E-state index contributed by atoms with van der Waals surface area (Å²) in [6.07, 6.45) is 1.76. The van der Waals surface area contributed by atoms with Gasteiger partial charge >= 0.3 is 0 Å². The van der Waals surface area contributed by atoms with Crippen LogP contribution < -0.4 is 11.1 Å². The van der Waals surface area contributed by atoms with Gasteiger partial charge in [-0.05, 0) is 19.1 Å². The molecule has 1 aromatic rings. The van der Waals surface area contributed by atoms with E-state index in [1.54, 1.807) is 6.20 Å². The van der Waals surface area contributed by atoms with Gasteiger partial charge in [-0.1, -0.05) is 18.3 Å². The lowest BCUT2D eigenvalue weighted by atomic mass is 10.2. The zero-order chi connectivity index (χ0) is 11.3. The monoisotopic (exact) mass is 223 g/mol. The Morgan fingerprint density at radius 2 is 2.40 bits per heavy atom. The van der Waals surface area contributed by atoms with Gasteiger partial charge < -0.3 is 11.1 Å². The van der Waals surface area contributed by atoms with E-state index in [0.29, 0.717) is 0 Å². The minimum Gasteiger partial charge on any atom is -0.393 e. The predicted molar refractivity (Wildman–Crippen MR) is 62.2 cm³/mol. The predicted octanol–water partition coefficient (Wildman–Crippen LogP) is 0.935. The molecule has 3 N–H and O–H groups in total. The van der Waals surface area contributed by atoms with E-state index in [1.165, 1.54) is 0 Å². The quantitative estimate of drug-likeness (QED) is 0.745. The first-order valence-electron chi connectivity index (χ1n) is 4.58. The first kappa shape index (κ1) is 11.6. The van der Waals surface area contributed by atoms with Crippen molar-refractivity contribution in [2.75, 3.05) is 0 Å². The molecular formula is C10H13N3OS. The van der Waals surface area contributed by atoms with Gasteiger partial charge in [0.05, 0.1) is 23.1 Å². The number of amides is 1. The molecule has 0 radical (unpaired) electrons. The lowest BCUT2D eigenvalue weighted by molar-refractivity contribution is -0.120. The van der Waals surface area contributed by atoms with Crippen LogP contribution in [-0.2, 0) is 4.79 Å². The van der Waals surface area contributed by atoms with Crippen LogP contribution in [0.3, 0.4) is 0 Å². The number of nitrogens with two attached hydrogens (primary N) is 1. The van der Waals surface area contributed by atoms with Crippen LogP contribution in [0.1, 0.15) is 25.1 Å². The molecule has 0 aromatic carbocycles. The van der Waals surface area contributed by atoms with E-state index in [2.05, 4.69) is 22.5 Å². The molecule has 1 amide bonds. The summed E-state index contributed by atoms with van der Waals surface area (Å²) < 4.78 is 0.